The van der Waals surface area contributed by atoms with Gasteiger partial charge in [0.1, 0.15) is 5.75 Å². The largest absolute Gasteiger partial charge is 0.491 e. The summed E-state index contributed by atoms with van der Waals surface area (Å²) in [5.41, 5.74) is 4.52. The van der Waals surface area contributed by atoms with Gasteiger partial charge in [-0.2, -0.15) is 0 Å². The Labute approximate surface area is 172 Å². The Bertz CT molecular complexity index is 907. The molecule has 0 fully saturated rings. The summed E-state index contributed by atoms with van der Waals surface area (Å²) < 4.78 is 5.69. The summed E-state index contributed by atoms with van der Waals surface area (Å²) in [4.78, 5) is 0. The second-order valence-electron chi connectivity index (χ2n) is 6.99. The van der Waals surface area contributed by atoms with Gasteiger partial charge in [-0.15, -0.1) is 0 Å². The van der Waals surface area contributed by atoms with Gasteiger partial charge in [-0.1, -0.05) is 54.6 Å². The molecule has 3 nitrogen and oxygen atoms in total. The van der Waals surface area contributed by atoms with E-state index in [0.717, 1.165) is 11.4 Å². The van der Waals surface area contributed by atoms with E-state index in [0.29, 0.717) is 5.11 Å². The molecule has 28 heavy (non-hydrogen) atoms. The van der Waals surface area contributed by atoms with Gasteiger partial charge in [0.15, 0.2) is 5.11 Å². The van der Waals surface area contributed by atoms with E-state index < -0.39 is 0 Å². The van der Waals surface area contributed by atoms with Crippen LogP contribution >= 0.6 is 12.2 Å². The van der Waals surface area contributed by atoms with Crippen molar-refractivity contribution in [2.75, 3.05) is 5.32 Å². The quantitative estimate of drug-likeness (QED) is 0.517. The molecule has 0 aliphatic carbocycles. The molecule has 4 heteroatoms. The Hall–Kier alpha value is -2.85. The summed E-state index contributed by atoms with van der Waals surface area (Å²) in [5.74, 6) is 0.849. The highest BCUT2D eigenvalue weighted by molar-refractivity contribution is 7.80. The number of ether oxygens (including phenoxy) is 1. The van der Waals surface area contributed by atoms with Crippen molar-refractivity contribution in [1.29, 1.82) is 0 Å². The van der Waals surface area contributed by atoms with Gasteiger partial charge in [0.2, 0.25) is 0 Å². The predicted octanol–water partition coefficient (Wildman–Crippen LogP) is 5.86. The minimum Gasteiger partial charge on any atom is -0.491 e. The smallest absolute Gasteiger partial charge is 0.171 e. The molecule has 3 aromatic rings. The van der Waals surface area contributed by atoms with Crippen molar-refractivity contribution in [2.24, 2.45) is 0 Å². The Kier molecular flexibility index (Phi) is 6.66. The van der Waals surface area contributed by atoms with E-state index in [1.807, 2.05) is 56.3 Å². The minimum atomic E-state index is -0.0223. The Balaban J connectivity index is 1.76. The van der Waals surface area contributed by atoms with Crippen LogP contribution in [0.4, 0.5) is 5.69 Å². The number of anilines is 1. The van der Waals surface area contributed by atoms with Gasteiger partial charge in [0.25, 0.3) is 0 Å². The standard InChI is InChI=1S/C24H26N2OS/c1-17(2)27-21-15-13-20(14-16-21)25-24(28)26-23(19-10-5-4-6-11-19)22-12-8-7-9-18(22)3/h4-17,23H,1-3H3,(H2,25,26,28). The molecule has 1 unspecified atom stereocenters. The van der Waals surface area contributed by atoms with E-state index in [1.165, 1.54) is 16.7 Å². The maximum atomic E-state index is 5.69. The fraction of sp³-hybridized carbons (Fsp3) is 0.208. The van der Waals surface area contributed by atoms with Crippen molar-refractivity contribution in [2.45, 2.75) is 32.9 Å². The van der Waals surface area contributed by atoms with Crippen molar-refractivity contribution in [3.8, 4) is 5.75 Å². The van der Waals surface area contributed by atoms with E-state index in [4.69, 9.17) is 17.0 Å². The molecule has 3 aromatic carbocycles. The molecular weight excluding hydrogens is 364 g/mol. The molecule has 0 heterocycles. The fourth-order valence-electron chi connectivity index (χ4n) is 3.08. The van der Waals surface area contributed by atoms with Crippen molar-refractivity contribution < 1.29 is 4.74 Å². The number of aryl methyl sites for hydroxylation is 1. The normalized spacial score (nSPS) is 11.7. The van der Waals surface area contributed by atoms with Crippen LogP contribution in [0.1, 0.15) is 36.6 Å². The number of hydrogen-bond donors (Lipinski definition) is 2. The van der Waals surface area contributed by atoms with Crippen molar-refractivity contribution in [3.05, 3.63) is 95.6 Å². The second-order valence-corrected chi connectivity index (χ2v) is 7.40. The summed E-state index contributed by atoms with van der Waals surface area (Å²) in [5, 5.41) is 7.33. The number of benzene rings is 3. The molecule has 2 N–H and O–H groups in total. The van der Waals surface area contributed by atoms with E-state index in [1.54, 1.807) is 0 Å². The Morgan fingerprint density at radius 3 is 2.14 bits per heavy atom. The molecular formula is C24H26N2OS. The highest BCUT2D eigenvalue weighted by Gasteiger charge is 2.17. The molecule has 0 aliphatic heterocycles. The van der Waals surface area contributed by atoms with Gasteiger partial charge in [-0.05, 0) is 73.9 Å². The van der Waals surface area contributed by atoms with Crippen molar-refractivity contribution >= 4 is 23.0 Å². The molecule has 0 aromatic heterocycles. The lowest BCUT2D eigenvalue weighted by atomic mass is 9.95. The van der Waals surface area contributed by atoms with E-state index in [2.05, 4.69) is 54.0 Å². The van der Waals surface area contributed by atoms with Gasteiger partial charge >= 0.3 is 0 Å². The highest BCUT2D eigenvalue weighted by atomic mass is 32.1. The summed E-state index contributed by atoms with van der Waals surface area (Å²) in [6.07, 6.45) is 0.155. The predicted molar refractivity (Wildman–Crippen MR) is 121 cm³/mol. The molecule has 3 rings (SSSR count). The van der Waals surface area contributed by atoms with Crippen LogP contribution in [0.5, 0.6) is 5.75 Å². The summed E-state index contributed by atoms with van der Waals surface area (Å²) in [6, 6.07) is 26.5. The second kappa shape index (κ2) is 9.38. The third kappa shape index (κ3) is 5.33. The lowest BCUT2D eigenvalue weighted by Crippen LogP contribution is -2.33. The number of thiocarbonyl (C=S) groups is 1. The van der Waals surface area contributed by atoms with Gasteiger partial charge in [0, 0.05) is 5.69 Å². The molecule has 0 saturated carbocycles. The van der Waals surface area contributed by atoms with E-state index in [9.17, 15) is 0 Å². The summed E-state index contributed by atoms with van der Waals surface area (Å²) >= 11 is 5.60. The topological polar surface area (TPSA) is 33.3 Å². The van der Waals surface area contributed by atoms with Crippen molar-refractivity contribution in [3.63, 3.8) is 0 Å². The minimum absolute atomic E-state index is 0.0223. The SMILES string of the molecule is Cc1ccccc1C(NC(=S)Nc1ccc(OC(C)C)cc1)c1ccccc1. The van der Waals surface area contributed by atoms with Crippen LogP contribution in [0.3, 0.4) is 0 Å². The van der Waals surface area contributed by atoms with Gasteiger partial charge in [-0.25, -0.2) is 0 Å². The third-order valence-corrected chi connectivity index (χ3v) is 4.61. The average molecular weight is 391 g/mol. The lowest BCUT2D eigenvalue weighted by Gasteiger charge is -2.23. The van der Waals surface area contributed by atoms with Gasteiger partial charge in [-0.3, -0.25) is 0 Å². The van der Waals surface area contributed by atoms with Crippen LogP contribution < -0.4 is 15.4 Å². The highest BCUT2D eigenvalue weighted by Crippen LogP contribution is 2.25. The van der Waals surface area contributed by atoms with Crippen LogP contribution in [0.2, 0.25) is 0 Å². The first kappa shape index (κ1) is 19.9. The first-order valence-corrected chi connectivity index (χ1v) is 9.88. The first-order valence-electron chi connectivity index (χ1n) is 9.47. The molecule has 1 atom stereocenters. The van der Waals surface area contributed by atoms with Crippen LogP contribution in [0.25, 0.3) is 0 Å². The molecule has 144 valence electrons. The van der Waals surface area contributed by atoms with Crippen LogP contribution in [0, 0.1) is 6.92 Å². The third-order valence-electron chi connectivity index (χ3n) is 4.39. The summed E-state index contributed by atoms with van der Waals surface area (Å²) in [6.45, 7) is 6.15. The molecule has 0 spiro atoms. The molecule has 0 aliphatic rings. The zero-order chi connectivity index (χ0) is 19.9. The monoisotopic (exact) mass is 390 g/mol. The number of nitrogens with one attached hydrogen (secondary N) is 2. The van der Waals surface area contributed by atoms with Gasteiger partial charge < -0.3 is 15.4 Å². The zero-order valence-corrected chi connectivity index (χ0v) is 17.3. The zero-order valence-electron chi connectivity index (χ0n) is 16.5. The fourth-order valence-corrected chi connectivity index (χ4v) is 3.32. The molecule has 0 saturated heterocycles. The molecule has 0 amide bonds. The van der Waals surface area contributed by atoms with E-state index in [-0.39, 0.29) is 12.1 Å². The van der Waals surface area contributed by atoms with E-state index >= 15 is 0 Å². The first-order chi connectivity index (χ1) is 13.5. The van der Waals surface area contributed by atoms with Gasteiger partial charge in [0.05, 0.1) is 12.1 Å². The number of hydrogen-bond acceptors (Lipinski definition) is 2. The van der Waals surface area contributed by atoms with Crippen LogP contribution in [-0.4, -0.2) is 11.2 Å². The molecule has 0 bridgehead atoms. The summed E-state index contributed by atoms with van der Waals surface area (Å²) in [7, 11) is 0. The lowest BCUT2D eigenvalue weighted by molar-refractivity contribution is 0.242. The molecule has 0 radical (unpaired) electrons. The Morgan fingerprint density at radius 1 is 0.857 bits per heavy atom. The maximum absolute atomic E-state index is 5.69. The van der Waals surface area contributed by atoms with Crippen molar-refractivity contribution in [1.82, 2.24) is 5.32 Å². The maximum Gasteiger partial charge on any atom is 0.171 e. The number of rotatable bonds is 6. The average Bonchev–Trinajstić information content (AvgIpc) is 2.69. The Morgan fingerprint density at radius 2 is 1.50 bits per heavy atom. The van der Waals surface area contributed by atoms with Crippen LogP contribution in [-0.2, 0) is 0 Å². The van der Waals surface area contributed by atoms with Crippen LogP contribution in [0.15, 0.2) is 78.9 Å².